The molecule has 0 aliphatic heterocycles. The first-order valence-corrected chi connectivity index (χ1v) is 12.5. The van der Waals surface area contributed by atoms with Crippen LogP contribution in [0.1, 0.15) is 127 Å². The fourth-order valence-corrected chi connectivity index (χ4v) is 3.77. The second-order valence-corrected chi connectivity index (χ2v) is 10.5. The summed E-state index contributed by atoms with van der Waals surface area (Å²) in [7, 11) is 0. The Balaban J connectivity index is 2.95. The van der Waals surface area contributed by atoms with E-state index in [0.29, 0.717) is 11.8 Å². The third-order valence-electron chi connectivity index (χ3n) is 6.52. The van der Waals surface area contributed by atoms with Crippen LogP contribution in [0, 0.1) is 11.8 Å². The van der Waals surface area contributed by atoms with Gasteiger partial charge in [0.05, 0.1) is 11.1 Å². The van der Waals surface area contributed by atoms with Crippen LogP contribution in [0.3, 0.4) is 0 Å². The van der Waals surface area contributed by atoms with Crippen molar-refractivity contribution >= 4 is 11.9 Å². The molecule has 0 aromatic heterocycles. The van der Waals surface area contributed by atoms with E-state index in [4.69, 9.17) is 9.47 Å². The van der Waals surface area contributed by atoms with Crippen LogP contribution in [-0.2, 0) is 9.47 Å². The predicted molar refractivity (Wildman–Crippen MR) is 132 cm³/mol. The number of ether oxygens (including phenoxy) is 2. The molecule has 0 N–H and O–H groups in total. The van der Waals surface area contributed by atoms with E-state index < -0.39 is 23.1 Å². The van der Waals surface area contributed by atoms with Gasteiger partial charge in [0.15, 0.2) is 0 Å². The lowest BCUT2D eigenvalue weighted by atomic mass is 9.93. The average Bonchev–Trinajstić information content (AvgIpc) is 2.73. The maximum atomic E-state index is 13.1. The van der Waals surface area contributed by atoms with Crippen LogP contribution in [0.25, 0.3) is 0 Å². The van der Waals surface area contributed by atoms with Crippen LogP contribution in [0.15, 0.2) is 24.3 Å². The summed E-state index contributed by atoms with van der Waals surface area (Å²) in [6.07, 6.45) is 7.29. The van der Waals surface area contributed by atoms with Gasteiger partial charge in [0.1, 0.15) is 11.2 Å². The maximum absolute atomic E-state index is 13.1. The Morgan fingerprint density at radius 3 is 1.38 bits per heavy atom. The van der Waals surface area contributed by atoms with Gasteiger partial charge in [-0.05, 0) is 76.3 Å². The predicted octanol–water partition coefficient (Wildman–Crippen LogP) is 7.99. The van der Waals surface area contributed by atoms with E-state index >= 15 is 0 Å². The van der Waals surface area contributed by atoms with Crippen LogP contribution < -0.4 is 0 Å². The zero-order valence-electron chi connectivity index (χ0n) is 21.8. The summed E-state index contributed by atoms with van der Waals surface area (Å²) in [5.74, 6) is 0.334. The first kappa shape index (κ1) is 28.2. The smallest absolute Gasteiger partial charge is 0.339 e. The highest BCUT2D eigenvalue weighted by molar-refractivity contribution is 6.03. The lowest BCUT2D eigenvalue weighted by Crippen LogP contribution is -2.33. The van der Waals surface area contributed by atoms with E-state index in [1.807, 2.05) is 27.7 Å². The van der Waals surface area contributed by atoms with Crippen molar-refractivity contribution in [1.29, 1.82) is 0 Å². The maximum Gasteiger partial charge on any atom is 0.339 e. The molecule has 0 radical (unpaired) electrons. The minimum atomic E-state index is -0.544. The molecule has 1 rings (SSSR count). The Labute approximate surface area is 196 Å². The molecular weight excluding hydrogens is 400 g/mol. The summed E-state index contributed by atoms with van der Waals surface area (Å²) < 4.78 is 11.9. The van der Waals surface area contributed by atoms with Crippen molar-refractivity contribution in [2.75, 3.05) is 0 Å². The first-order valence-electron chi connectivity index (χ1n) is 12.5. The SMILES string of the molecule is CCC(C)(CCCC(C)C)OC(=O)c1ccccc1C(=O)OC(C)(CC)CCCC(C)C. The number of carbonyl (C=O) groups excluding carboxylic acids is 2. The molecule has 0 spiro atoms. The molecule has 4 nitrogen and oxygen atoms in total. The van der Waals surface area contributed by atoms with E-state index in [9.17, 15) is 9.59 Å². The van der Waals surface area contributed by atoms with E-state index in [0.717, 1.165) is 51.4 Å². The molecule has 0 amide bonds. The fraction of sp³-hybridized carbons (Fsp3) is 0.714. The van der Waals surface area contributed by atoms with Gasteiger partial charge in [-0.3, -0.25) is 0 Å². The van der Waals surface area contributed by atoms with Gasteiger partial charge in [-0.15, -0.1) is 0 Å². The number of carbonyl (C=O) groups is 2. The Kier molecular flexibility index (Phi) is 11.5. The van der Waals surface area contributed by atoms with Gasteiger partial charge in [0.2, 0.25) is 0 Å². The summed E-state index contributed by atoms with van der Waals surface area (Å²) in [5.41, 5.74) is -0.529. The van der Waals surface area contributed by atoms with E-state index in [1.54, 1.807) is 24.3 Å². The zero-order valence-corrected chi connectivity index (χ0v) is 21.8. The molecule has 2 atom stereocenters. The van der Waals surface area contributed by atoms with Crippen LogP contribution in [-0.4, -0.2) is 23.1 Å². The van der Waals surface area contributed by atoms with Crippen LogP contribution in [0.2, 0.25) is 0 Å². The Morgan fingerprint density at radius 2 is 1.09 bits per heavy atom. The molecule has 0 bridgehead atoms. The van der Waals surface area contributed by atoms with Gasteiger partial charge in [0.25, 0.3) is 0 Å². The van der Waals surface area contributed by atoms with Crippen molar-refractivity contribution in [2.45, 2.75) is 118 Å². The Morgan fingerprint density at radius 1 is 0.750 bits per heavy atom. The van der Waals surface area contributed by atoms with E-state index in [-0.39, 0.29) is 11.1 Å². The lowest BCUT2D eigenvalue weighted by Gasteiger charge is -2.30. The highest BCUT2D eigenvalue weighted by Gasteiger charge is 2.32. The molecule has 32 heavy (non-hydrogen) atoms. The molecule has 4 heteroatoms. The van der Waals surface area contributed by atoms with Crippen molar-refractivity contribution < 1.29 is 19.1 Å². The Hall–Kier alpha value is -1.84. The lowest BCUT2D eigenvalue weighted by molar-refractivity contribution is -0.0212. The standard InChI is InChI=1S/C28H46O4/c1-9-27(7,19-13-15-21(3)4)31-25(29)23-17-11-12-18-24(23)26(30)32-28(8,10-2)20-14-16-22(5)6/h11-12,17-18,21-22H,9-10,13-16,19-20H2,1-8H3. The average molecular weight is 447 g/mol. The minimum Gasteiger partial charge on any atom is -0.456 e. The third-order valence-corrected chi connectivity index (χ3v) is 6.52. The summed E-state index contributed by atoms with van der Waals surface area (Å²) in [5, 5.41) is 0. The zero-order chi connectivity index (χ0) is 24.4. The molecule has 0 saturated carbocycles. The van der Waals surface area contributed by atoms with Crippen molar-refractivity contribution in [1.82, 2.24) is 0 Å². The topological polar surface area (TPSA) is 52.6 Å². The number of benzene rings is 1. The molecular formula is C28H46O4. The highest BCUT2D eigenvalue weighted by Crippen LogP contribution is 2.28. The molecule has 1 aromatic carbocycles. The molecule has 1 aromatic rings. The number of hydrogen-bond acceptors (Lipinski definition) is 4. The summed E-state index contributed by atoms with van der Waals surface area (Å²) in [6, 6.07) is 6.84. The van der Waals surface area contributed by atoms with E-state index in [1.165, 1.54) is 0 Å². The van der Waals surface area contributed by atoms with Gasteiger partial charge < -0.3 is 9.47 Å². The summed E-state index contributed by atoms with van der Waals surface area (Å²) in [4.78, 5) is 26.2. The molecule has 0 fully saturated rings. The normalized spacial score (nSPS) is 15.3. The van der Waals surface area contributed by atoms with E-state index in [2.05, 4.69) is 27.7 Å². The number of hydrogen-bond donors (Lipinski definition) is 0. The second kappa shape index (κ2) is 13.0. The van der Waals surface area contributed by atoms with Gasteiger partial charge >= 0.3 is 11.9 Å². The van der Waals surface area contributed by atoms with Crippen LogP contribution >= 0.6 is 0 Å². The van der Waals surface area contributed by atoms with Crippen molar-refractivity contribution in [2.24, 2.45) is 11.8 Å². The monoisotopic (exact) mass is 446 g/mol. The van der Waals surface area contributed by atoms with Gasteiger partial charge in [0, 0.05) is 0 Å². The molecule has 182 valence electrons. The summed E-state index contributed by atoms with van der Waals surface area (Å²) in [6.45, 7) is 16.8. The van der Waals surface area contributed by atoms with Crippen molar-refractivity contribution in [3.63, 3.8) is 0 Å². The number of esters is 2. The molecule has 0 saturated heterocycles. The Bertz CT molecular complexity index is 663. The highest BCUT2D eigenvalue weighted by atomic mass is 16.6. The minimum absolute atomic E-state index is 0.279. The quantitative estimate of drug-likeness (QED) is 0.272. The first-order chi connectivity index (χ1) is 14.9. The second-order valence-electron chi connectivity index (χ2n) is 10.5. The van der Waals surface area contributed by atoms with Crippen molar-refractivity contribution in [3.05, 3.63) is 35.4 Å². The summed E-state index contributed by atoms with van der Waals surface area (Å²) >= 11 is 0. The van der Waals surface area contributed by atoms with Gasteiger partial charge in [-0.2, -0.15) is 0 Å². The van der Waals surface area contributed by atoms with Crippen LogP contribution in [0.4, 0.5) is 0 Å². The van der Waals surface area contributed by atoms with Crippen molar-refractivity contribution in [3.8, 4) is 0 Å². The van der Waals surface area contributed by atoms with Gasteiger partial charge in [-0.1, -0.05) is 66.5 Å². The molecule has 0 aliphatic rings. The molecule has 0 aliphatic carbocycles. The van der Waals surface area contributed by atoms with Crippen LogP contribution in [0.5, 0.6) is 0 Å². The molecule has 2 unspecified atom stereocenters. The van der Waals surface area contributed by atoms with Gasteiger partial charge in [-0.25, -0.2) is 9.59 Å². The largest absolute Gasteiger partial charge is 0.456 e. The third kappa shape index (κ3) is 9.34. The fourth-order valence-electron chi connectivity index (χ4n) is 3.77. The molecule has 0 heterocycles. The number of rotatable bonds is 14.